The molecule has 0 aromatic heterocycles. The van der Waals surface area contributed by atoms with Crippen LogP contribution in [0.25, 0.3) is 0 Å². The van der Waals surface area contributed by atoms with Crippen molar-refractivity contribution in [3.05, 3.63) is 28.7 Å². The first-order valence-electron chi connectivity index (χ1n) is 7.44. The molecule has 1 aliphatic rings. The number of amides is 1. The minimum atomic E-state index is -0.460. The average Bonchev–Trinajstić information content (AvgIpc) is 2.49. The van der Waals surface area contributed by atoms with Crippen molar-refractivity contribution in [2.75, 3.05) is 13.1 Å². The summed E-state index contributed by atoms with van der Waals surface area (Å²) in [4.78, 5) is 14.3. The lowest BCUT2D eigenvalue weighted by Gasteiger charge is -2.35. The SMILES string of the molecule is CC(Oc1ccc(Br)cc1)C(=O)N1CCC(C(C)N)CC1.Cl. The number of carbonyl (C=O) groups excluding carboxylic acids is 1. The summed E-state index contributed by atoms with van der Waals surface area (Å²) in [7, 11) is 0. The molecule has 0 radical (unpaired) electrons. The third-order valence-electron chi connectivity index (χ3n) is 4.07. The van der Waals surface area contributed by atoms with Crippen molar-refractivity contribution in [1.82, 2.24) is 4.90 Å². The summed E-state index contributed by atoms with van der Waals surface area (Å²) in [6, 6.07) is 7.73. The summed E-state index contributed by atoms with van der Waals surface area (Å²) in [5, 5.41) is 0. The van der Waals surface area contributed by atoms with Gasteiger partial charge in [-0.05, 0) is 56.9 Å². The molecule has 1 fully saturated rings. The van der Waals surface area contributed by atoms with Gasteiger partial charge < -0.3 is 15.4 Å². The van der Waals surface area contributed by atoms with Crippen molar-refractivity contribution in [2.45, 2.75) is 38.8 Å². The fourth-order valence-electron chi connectivity index (χ4n) is 2.67. The fraction of sp³-hybridized carbons (Fsp3) is 0.562. The predicted molar refractivity (Wildman–Crippen MR) is 94.4 cm³/mol. The number of nitrogens with zero attached hydrogens (tertiary/aromatic N) is 1. The number of hydrogen-bond donors (Lipinski definition) is 1. The number of halogens is 2. The van der Waals surface area contributed by atoms with E-state index in [0.29, 0.717) is 11.7 Å². The highest BCUT2D eigenvalue weighted by Gasteiger charge is 2.28. The lowest BCUT2D eigenvalue weighted by Crippen LogP contribution is -2.46. The van der Waals surface area contributed by atoms with Gasteiger partial charge in [0.15, 0.2) is 6.10 Å². The number of rotatable bonds is 4. The minimum absolute atomic E-state index is 0. The first kappa shape index (κ1) is 19.3. The van der Waals surface area contributed by atoms with Crippen LogP contribution in [0, 0.1) is 5.92 Å². The highest BCUT2D eigenvalue weighted by Crippen LogP contribution is 2.22. The maximum atomic E-state index is 12.4. The second-order valence-corrected chi connectivity index (χ2v) is 6.65. The van der Waals surface area contributed by atoms with Gasteiger partial charge in [0.1, 0.15) is 5.75 Å². The highest BCUT2D eigenvalue weighted by molar-refractivity contribution is 9.10. The van der Waals surface area contributed by atoms with Gasteiger partial charge in [0.05, 0.1) is 0 Å². The third kappa shape index (κ3) is 5.14. The summed E-state index contributed by atoms with van der Waals surface area (Å²) in [5.41, 5.74) is 5.93. The standard InChI is InChI=1S/C16H23BrN2O2.ClH/c1-11(18)13-7-9-19(10-8-13)16(20)12(2)21-15-5-3-14(17)4-6-15;/h3-6,11-13H,7-10,18H2,1-2H3;1H. The molecule has 0 spiro atoms. The lowest BCUT2D eigenvalue weighted by molar-refractivity contribution is -0.139. The largest absolute Gasteiger partial charge is 0.481 e. The van der Waals surface area contributed by atoms with Crippen LogP contribution in [0.2, 0.25) is 0 Å². The van der Waals surface area contributed by atoms with E-state index in [4.69, 9.17) is 10.5 Å². The van der Waals surface area contributed by atoms with E-state index in [-0.39, 0.29) is 24.4 Å². The molecule has 1 aromatic rings. The number of likely N-dealkylation sites (tertiary alicyclic amines) is 1. The Morgan fingerprint density at radius 3 is 2.32 bits per heavy atom. The van der Waals surface area contributed by atoms with E-state index in [1.54, 1.807) is 0 Å². The Morgan fingerprint density at radius 2 is 1.82 bits per heavy atom. The van der Waals surface area contributed by atoms with Crippen LogP contribution in [0.5, 0.6) is 5.75 Å². The molecule has 124 valence electrons. The van der Waals surface area contributed by atoms with Gasteiger partial charge in [-0.25, -0.2) is 0 Å². The molecule has 0 saturated carbocycles. The molecular weight excluding hydrogens is 368 g/mol. The van der Waals surface area contributed by atoms with Gasteiger partial charge >= 0.3 is 0 Å². The number of benzene rings is 1. The maximum Gasteiger partial charge on any atom is 0.263 e. The Balaban J connectivity index is 0.00000242. The molecule has 1 aromatic carbocycles. The average molecular weight is 392 g/mol. The van der Waals surface area contributed by atoms with Crippen LogP contribution in [0.15, 0.2) is 28.7 Å². The number of carbonyl (C=O) groups is 1. The Labute approximate surface area is 146 Å². The number of nitrogens with two attached hydrogens (primary N) is 1. The van der Waals surface area contributed by atoms with Gasteiger partial charge in [-0.1, -0.05) is 15.9 Å². The van der Waals surface area contributed by atoms with Crippen molar-refractivity contribution < 1.29 is 9.53 Å². The molecular formula is C16H24BrClN2O2. The summed E-state index contributed by atoms with van der Waals surface area (Å²) < 4.78 is 6.71. The van der Waals surface area contributed by atoms with Gasteiger partial charge in [0, 0.05) is 23.6 Å². The zero-order valence-electron chi connectivity index (χ0n) is 13.0. The summed E-state index contributed by atoms with van der Waals surface area (Å²) in [5.74, 6) is 1.29. The summed E-state index contributed by atoms with van der Waals surface area (Å²) in [6.07, 6.45) is 1.50. The molecule has 2 N–H and O–H groups in total. The minimum Gasteiger partial charge on any atom is -0.481 e. The zero-order chi connectivity index (χ0) is 15.4. The molecule has 4 nitrogen and oxygen atoms in total. The van der Waals surface area contributed by atoms with Crippen LogP contribution < -0.4 is 10.5 Å². The Morgan fingerprint density at radius 1 is 1.27 bits per heavy atom. The Kier molecular flexibility index (Phi) is 7.66. The van der Waals surface area contributed by atoms with Crippen LogP contribution >= 0.6 is 28.3 Å². The van der Waals surface area contributed by atoms with E-state index in [9.17, 15) is 4.79 Å². The first-order valence-corrected chi connectivity index (χ1v) is 8.23. The Hall–Kier alpha value is -0.780. The molecule has 1 heterocycles. The van der Waals surface area contributed by atoms with Crippen LogP contribution in [-0.4, -0.2) is 36.0 Å². The van der Waals surface area contributed by atoms with Gasteiger partial charge in [-0.2, -0.15) is 0 Å². The monoisotopic (exact) mass is 390 g/mol. The van der Waals surface area contributed by atoms with Crippen molar-refractivity contribution in [3.63, 3.8) is 0 Å². The van der Waals surface area contributed by atoms with Gasteiger partial charge in [0.25, 0.3) is 5.91 Å². The van der Waals surface area contributed by atoms with E-state index in [1.807, 2.05) is 43.0 Å². The molecule has 0 aliphatic carbocycles. The molecule has 2 rings (SSSR count). The lowest BCUT2D eigenvalue weighted by atomic mass is 9.91. The predicted octanol–water partition coefficient (Wildman–Crippen LogP) is 3.22. The van der Waals surface area contributed by atoms with Crippen LogP contribution in [0.1, 0.15) is 26.7 Å². The van der Waals surface area contributed by atoms with E-state index in [0.717, 1.165) is 30.4 Å². The normalized spacial score (nSPS) is 18.3. The number of hydrogen-bond acceptors (Lipinski definition) is 3. The summed E-state index contributed by atoms with van der Waals surface area (Å²) >= 11 is 3.38. The molecule has 0 bridgehead atoms. The molecule has 2 atom stereocenters. The number of ether oxygens (including phenoxy) is 1. The van der Waals surface area contributed by atoms with Gasteiger partial charge in [-0.3, -0.25) is 4.79 Å². The summed E-state index contributed by atoms with van der Waals surface area (Å²) in [6.45, 7) is 5.40. The first-order chi connectivity index (χ1) is 9.97. The van der Waals surface area contributed by atoms with E-state index >= 15 is 0 Å². The molecule has 22 heavy (non-hydrogen) atoms. The smallest absolute Gasteiger partial charge is 0.263 e. The van der Waals surface area contributed by atoms with E-state index in [2.05, 4.69) is 15.9 Å². The molecule has 6 heteroatoms. The maximum absolute atomic E-state index is 12.4. The van der Waals surface area contributed by atoms with Crippen LogP contribution in [0.4, 0.5) is 0 Å². The van der Waals surface area contributed by atoms with Gasteiger partial charge in [0.2, 0.25) is 0 Å². The molecule has 2 unspecified atom stereocenters. The fourth-order valence-corrected chi connectivity index (χ4v) is 2.93. The Bertz CT molecular complexity index is 474. The molecule has 1 aliphatic heterocycles. The third-order valence-corrected chi connectivity index (χ3v) is 4.60. The second kappa shape index (κ2) is 8.75. The van der Waals surface area contributed by atoms with Crippen molar-refractivity contribution >= 4 is 34.2 Å². The van der Waals surface area contributed by atoms with Crippen molar-refractivity contribution in [3.8, 4) is 5.75 Å². The molecule has 1 saturated heterocycles. The van der Waals surface area contributed by atoms with Crippen molar-refractivity contribution in [2.24, 2.45) is 11.7 Å². The molecule has 1 amide bonds. The number of piperidine rings is 1. The second-order valence-electron chi connectivity index (χ2n) is 5.74. The highest BCUT2D eigenvalue weighted by atomic mass is 79.9. The van der Waals surface area contributed by atoms with E-state index in [1.165, 1.54) is 0 Å². The van der Waals surface area contributed by atoms with Crippen LogP contribution in [0.3, 0.4) is 0 Å². The van der Waals surface area contributed by atoms with Crippen LogP contribution in [-0.2, 0) is 4.79 Å². The zero-order valence-corrected chi connectivity index (χ0v) is 15.4. The van der Waals surface area contributed by atoms with Gasteiger partial charge in [-0.15, -0.1) is 12.4 Å². The quantitative estimate of drug-likeness (QED) is 0.857. The van der Waals surface area contributed by atoms with Crippen molar-refractivity contribution in [1.29, 1.82) is 0 Å². The topological polar surface area (TPSA) is 55.6 Å². The van der Waals surface area contributed by atoms with E-state index < -0.39 is 6.10 Å².